The molecule has 142 valence electrons. The number of carbonyl (C=O) groups is 2. The van der Waals surface area contributed by atoms with Gasteiger partial charge in [-0.3, -0.25) is 13.9 Å². The zero-order valence-electron chi connectivity index (χ0n) is 14.7. The molecule has 28 heavy (non-hydrogen) atoms. The minimum Gasteiger partial charge on any atom is -0.454 e. The molecule has 1 heterocycles. The molecule has 0 saturated heterocycles. The zero-order chi connectivity index (χ0) is 19.7. The number of esters is 1. The van der Waals surface area contributed by atoms with Gasteiger partial charge in [0.05, 0.1) is 10.6 Å². The normalized spacial score (nSPS) is 14.1. The molecule has 7 nitrogen and oxygen atoms in total. The third-order valence-corrected chi connectivity index (χ3v) is 6.18. The average molecular weight is 396 g/mol. The molecular formula is C20H16N2O5S. The first-order valence-corrected chi connectivity index (χ1v) is 9.96. The Balaban J connectivity index is 1.45. The number of nitrogens with zero attached hydrogens (tertiary/aromatic N) is 1. The molecule has 0 atom stereocenters. The predicted molar refractivity (Wildman–Crippen MR) is 105 cm³/mol. The van der Waals surface area contributed by atoms with E-state index < -0.39 is 35.1 Å². The molecule has 3 aromatic carbocycles. The van der Waals surface area contributed by atoms with Crippen LogP contribution >= 0.6 is 0 Å². The summed E-state index contributed by atoms with van der Waals surface area (Å²) in [5, 5.41) is 3.95. The van der Waals surface area contributed by atoms with Crippen molar-refractivity contribution in [2.24, 2.45) is 0 Å². The van der Waals surface area contributed by atoms with Crippen LogP contribution < -0.4 is 9.62 Å². The Kier molecular flexibility index (Phi) is 4.48. The van der Waals surface area contributed by atoms with Gasteiger partial charge in [-0.05, 0) is 29.7 Å². The van der Waals surface area contributed by atoms with Crippen molar-refractivity contribution in [3.8, 4) is 0 Å². The number of nitrogens with one attached hydrogen (secondary N) is 1. The third-order valence-electron chi connectivity index (χ3n) is 4.38. The molecule has 0 fully saturated rings. The molecule has 1 aliphatic heterocycles. The number of anilines is 2. The van der Waals surface area contributed by atoms with Crippen molar-refractivity contribution >= 4 is 44.0 Å². The number of amides is 1. The number of hydrogen-bond acceptors (Lipinski definition) is 5. The molecule has 1 amide bonds. The van der Waals surface area contributed by atoms with E-state index in [0.29, 0.717) is 16.8 Å². The maximum absolute atomic E-state index is 12.8. The number of benzene rings is 3. The second kappa shape index (κ2) is 6.97. The fourth-order valence-corrected chi connectivity index (χ4v) is 4.81. The van der Waals surface area contributed by atoms with Crippen molar-refractivity contribution < 1.29 is 22.7 Å². The summed E-state index contributed by atoms with van der Waals surface area (Å²) in [5.74, 6) is -1.31. The van der Waals surface area contributed by atoms with Gasteiger partial charge in [0.2, 0.25) is 0 Å². The lowest BCUT2D eigenvalue weighted by Gasteiger charge is -2.17. The van der Waals surface area contributed by atoms with Gasteiger partial charge in [-0.25, -0.2) is 8.42 Å². The predicted octanol–water partition coefficient (Wildman–Crippen LogP) is 2.53. The summed E-state index contributed by atoms with van der Waals surface area (Å²) in [6.07, 6.45) is 0. The summed E-state index contributed by atoms with van der Waals surface area (Å²) in [4.78, 5) is 24.3. The van der Waals surface area contributed by atoms with Crippen LogP contribution in [-0.2, 0) is 24.3 Å². The van der Waals surface area contributed by atoms with Crippen LogP contribution in [0.15, 0.2) is 71.6 Å². The zero-order valence-corrected chi connectivity index (χ0v) is 15.5. The van der Waals surface area contributed by atoms with Crippen molar-refractivity contribution in [3.05, 3.63) is 66.7 Å². The van der Waals surface area contributed by atoms with E-state index in [1.54, 1.807) is 42.5 Å². The molecular weight excluding hydrogens is 380 g/mol. The standard InChI is InChI=1S/C20H16N2O5S/c23-18(21-15-8-2-1-3-9-15)13-27-19(24)12-22-16-10-4-6-14-7-5-11-17(20(14)16)28(22,25)26/h1-11H,12-13H2,(H,21,23). The minimum absolute atomic E-state index is 0.162. The third kappa shape index (κ3) is 3.18. The number of rotatable bonds is 5. The number of ether oxygens (including phenoxy) is 1. The quantitative estimate of drug-likeness (QED) is 0.669. The van der Waals surface area contributed by atoms with Gasteiger partial charge in [0, 0.05) is 11.1 Å². The second-order valence-corrected chi connectivity index (χ2v) is 8.05. The lowest BCUT2D eigenvalue weighted by molar-refractivity contribution is -0.145. The van der Waals surface area contributed by atoms with Crippen molar-refractivity contribution in [1.29, 1.82) is 0 Å². The largest absolute Gasteiger partial charge is 0.454 e. The molecule has 0 bridgehead atoms. The van der Waals surface area contributed by atoms with E-state index in [1.165, 1.54) is 6.07 Å². The summed E-state index contributed by atoms with van der Waals surface area (Å²) in [6.45, 7) is -1.01. The van der Waals surface area contributed by atoms with Gasteiger partial charge in [0.1, 0.15) is 6.54 Å². The number of hydrogen-bond donors (Lipinski definition) is 1. The van der Waals surface area contributed by atoms with Gasteiger partial charge in [-0.1, -0.05) is 42.5 Å². The fraction of sp³-hybridized carbons (Fsp3) is 0.100. The Morgan fingerprint density at radius 1 is 0.929 bits per heavy atom. The highest BCUT2D eigenvalue weighted by atomic mass is 32.2. The number of sulfonamides is 1. The molecule has 8 heteroatoms. The van der Waals surface area contributed by atoms with Crippen molar-refractivity contribution in [2.75, 3.05) is 22.8 Å². The van der Waals surface area contributed by atoms with Gasteiger partial charge in [0.25, 0.3) is 15.9 Å². The average Bonchev–Trinajstić information content (AvgIpc) is 2.91. The monoisotopic (exact) mass is 396 g/mol. The van der Waals surface area contributed by atoms with E-state index in [-0.39, 0.29) is 4.90 Å². The summed E-state index contributed by atoms with van der Waals surface area (Å²) < 4.78 is 31.6. The molecule has 0 saturated carbocycles. The van der Waals surface area contributed by atoms with E-state index >= 15 is 0 Å². The van der Waals surface area contributed by atoms with Crippen LogP contribution in [0.4, 0.5) is 11.4 Å². The summed E-state index contributed by atoms with van der Waals surface area (Å²) in [7, 11) is -3.85. The van der Waals surface area contributed by atoms with Crippen LogP contribution in [-0.4, -0.2) is 33.4 Å². The van der Waals surface area contributed by atoms with Crippen LogP contribution in [0.2, 0.25) is 0 Å². The van der Waals surface area contributed by atoms with Crippen LogP contribution in [0.1, 0.15) is 0 Å². The second-order valence-electron chi connectivity index (χ2n) is 6.22. The first-order chi connectivity index (χ1) is 13.5. The molecule has 0 unspecified atom stereocenters. The van der Waals surface area contributed by atoms with Crippen molar-refractivity contribution in [1.82, 2.24) is 0 Å². The first-order valence-electron chi connectivity index (χ1n) is 8.52. The maximum atomic E-state index is 12.8. The van der Waals surface area contributed by atoms with Crippen LogP contribution in [0.5, 0.6) is 0 Å². The van der Waals surface area contributed by atoms with E-state index in [2.05, 4.69) is 5.32 Å². The van der Waals surface area contributed by atoms with Crippen LogP contribution in [0, 0.1) is 0 Å². The van der Waals surface area contributed by atoms with Gasteiger partial charge in [0.15, 0.2) is 6.61 Å². The van der Waals surface area contributed by atoms with E-state index in [9.17, 15) is 18.0 Å². The molecule has 1 aliphatic rings. The maximum Gasteiger partial charge on any atom is 0.327 e. The smallest absolute Gasteiger partial charge is 0.327 e. The topological polar surface area (TPSA) is 92.8 Å². The van der Waals surface area contributed by atoms with E-state index in [4.69, 9.17) is 4.74 Å². The molecule has 4 rings (SSSR count). The lowest BCUT2D eigenvalue weighted by atomic mass is 10.1. The van der Waals surface area contributed by atoms with Gasteiger partial charge < -0.3 is 10.1 Å². The number of para-hydroxylation sites is 1. The Morgan fingerprint density at radius 2 is 1.64 bits per heavy atom. The highest BCUT2D eigenvalue weighted by molar-refractivity contribution is 7.93. The Hall–Kier alpha value is -3.39. The van der Waals surface area contributed by atoms with E-state index in [1.807, 2.05) is 18.2 Å². The highest BCUT2D eigenvalue weighted by Crippen LogP contribution is 2.41. The Morgan fingerprint density at radius 3 is 2.39 bits per heavy atom. The molecule has 0 aromatic heterocycles. The van der Waals surface area contributed by atoms with Crippen molar-refractivity contribution in [2.45, 2.75) is 4.90 Å². The lowest BCUT2D eigenvalue weighted by Crippen LogP contribution is -2.34. The summed E-state index contributed by atoms with van der Waals surface area (Å²) >= 11 is 0. The van der Waals surface area contributed by atoms with Crippen molar-refractivity contribution in [3.63, 3.8) is 0 Å². The SMILES string of the molecule is O=C(COC(=O)CN1c2cccc3cccc(c23)S1(=O)=O)Nc1ccccc1. The van der Waals surface area contributed by atoms with Gasteiger partial charge in [-0.2, -0.15) is 0 Å². The first kappa shape index (κ1) is 18.0. The molecule has 0 aliphatic carbocycles. The molecule has 0 radical (unpaired) electrons. The van der Waals surface area contributed by atoms with Gasteiger partial charge in [-0.15, -0.1) is 0 Å². The highest BCUT2D eigenvalue weighted by Gasteiger charge is 2.37. The van der Waals surface area contributed by atoms with Crippen LogP contribution in [0.25, 0.3) is 10.8 Å². The Bertz CT molecular complexity index is 1170. The van der Waals surface area contributed by atoms with E-state index in [0.717, 1.165) is 9.69 Å². The van der Waals surface area contributed by atoms with Gasteiger partial charge >= 0.3 is 5.97 Å². The Labute approximate surface area is 161 Å². The summed E-state index contributed by atoms with van der Waals surface area (Å²) in [6, 6.07) is 18.9. The molecule has 1 N–H and O–H groups in total. The summed E-state index contributed by atoms with van der Waals surface area (Å²) in [5.41, 5.74) is 1.01. The molecule has 3 aromatic rings. The van der Waals surface area contributed by atoms with Crippen LogP contribution in [0.3, 0.4) is 0 Å². The fourth-order valence-electron chi connectivity index (χ4n) is 3.16. The minimum atomic E-state index is -3.85. The molecule has 0 spiro atoms. The number of carbonyl (C=O) groups excluding carboxylic acids is 2.